The maximum Gasteiger partial charge on any atom is 0.135 e. The van der Waals surface area contributed by atoms with Crippen molar-refractivity contribution in [3.8, 4) is 11.3 Å². The molecule has 0 unspecified atom stereocenters. The summed E-state index contributed by atoms with van der Waals surface area (Å²) >= 11 is 0. The first-order valence-corrected chi connectivity index (χ1v) is 5.38. The quantitative estimate of drug-likeness (QED) is 0.660. The molecule has 0 fully saturated rings. The molecule has 3 aromatic rings. The molecule has 18 heavy (non-hydrogen) atoms. The minimum Gasteiger partial charge on any atom is -0.268 e. The smallest absolute Gasteiger partial charge is 0.135 e. The van der Waals surface area contributed by atoms with E-state index in [0.717, 1.165) is 17.0 Å². The Morgan fingerprint density at radius 3 is 2.72 bits per heavy atom. The molecule has 0 radical (unpaired) electrons. The zero-order valence-electron chi connectivity index (χ0n) is 9.56. The van der Waals surface area contributed by atoms with Crippen molar-refractivity contribution in [3.63, 3.8) is 0 Å². The predicted molar refractivity (Wildman–Crippen MR) is 63.9 cm³/mol. The van der Waals surface area contributed by atoms with Gasteiger partial charge >= 0.3 is 0 Å². The number of rotatable bonds is 1. The van der Waals surface area contributed by atoms with E-state index in [1.54, 1.807) is 30.2 Å². The summed E-state index contributed by atoms with van der Waals surface area (Å²) in [4.78, 5) is 4.17. The second kappa shape index (κ2) is 3.87. The van der Waals surface area contributed by atoms with Crippen molar-refractivity contribution in [2.75, 3.05) is 0 Å². The molecular formula is C13H9F2N3. The van der Waals surface area contributed by atoms with E-state index < -0.39 is 11.6 Å². The third-order valence-corrected chi connectivity index (χ3v) is 2.84. The summed E-state index contributed by atoms with van der Waals surface area (Å²) in [5.41, 5.74) is 1.59. The molecule has 0 spiro atoms. The highest BCUT2D eigenvalue weighted by Crippen LogP contribution is 2.24. The molecule has 0 aliphatic rings. The Kier molecular flexibility index (Phi) is 2.33. The lowest BCUT2D eigenvalue weighted by molar-refractivity contribution is 0.585. The van der Waals surface area contributed by atoms with Gasteiger partial charge in [-0.1, -0.05) is 0 Å². The van der Waals surface area contributed by atoms with Crippen molar-refractivity contribution >= 4 is 10.9 Å². The minimum absolute atomic E-state index is 0.277. The number of halogens is 2. The van der Waals surface area contributed by atoms with Crippen molar-refractivity contribution in [1.82, 2.24) is 14.8 Å². The van der Waals surface area contributed by atoms with Crippen LogP contribution in [0.2, 0.25) is 0 Å². The highest BCUT2D eigenvalue weighted by atomic mass is 19.1. The standard InChI is InChI=1S/C13H9F2N3/c1-18-13-5-12(16-6-8(13)7-17-18)10-3-2-9(14)4-11(10)15/h2-7H,1H3. The van der Waals surface area contributed by atoms with Gasteiger partial charge in [0, 0.05) is 30.3 Å². The van der Waals surface area contributed by atoms with Crippen LogP contribution in [0.5, 0.6) is 0 Å². The predicted octanol–water partition coefficient (Wildman–Crippen LogP) is 2.91. The Morgan fingerprint density at radius 2 is 1.94 bits per heavy atom. The minimum atomic E-state index is -0.621. The molecule has 3 nitrogen and oxygen atoms in total. The van der Waals surface area contributed by atoms with Gasteiger partial charge in [0.05, 0.1) is 17.4 Å². The third kappa shape index (κ3) is 1.64. The zero-order chi connectivity index (χ0) is 12.7. The Morgan fingerprint density at radius 1 is 1.11 bits per heavy atom. The SMILES string of the molecule is Cn1ncc2cnc(-c3ccc(F)cc3F)cc21. The van der Waals surface area contributed by atoms with Gasteiger partial charge in [-0.3, -0.25) is 9.67 Å². The normalized spacial score (nSPS) is 11.1. The number of aromatic nitrogens is 3. The fraction of sp³-hybridized carbons (Fsp3) is 0.0769. The fourth-order valence-electron chi connectivity index (χ4n) is 1.89. The molecule has 5 heteroatoms. The van der Waals surface area contributed by atoms with Gasteiger partial charge in [-0.2, -0.15) is 5.10 Å². The average Bonchev–Trinajstić information content (AvgIpc) is 2.71. The van der Waals surface area contributed by atoms with Gasteiger partial charge in [-0.25, -0.2) is 8.78 Å². The van der Waals surface area contributed by atoms with Crippen LogP contribution in [0.25, 0.3) is 22.2 Å². The van der Waals surface area contributed by atoms with Gasteiger partial charge in [0.2, 0.25) is 0 Å². The molecule has 2 aromatic heterocycles. The summed E-state index contributed by atoms with van der Waals surface area (Å²) in [7, 11) is 1.80. The summed E-state index contributed by atoms with van der Waals surface area (Å²) in [5.74, 6) is -1.22. The second-order valence-corrected chi connectivity index (χ2v) is 4.02. The van der Waals surface area contributed by atoms with Crippen LogP contribution in [0.4, 0.5) is 8.78 Å². The van der Waals surface area contributed by atoms with Crippen molar-refractivity contribution in [2.24, 2.45) is 7.05 Å². The van der Waals surface area contributed by atoms with E-state index in [4.69, 9.17) is 0 Å². The van der Waals surface area contributed by atoms with E-state index in [9.17, 15) is 8.78 Å². The van der Waals surface area contributed by atoms with Gasteiger partial charge in [-0.15, -0.1) is 0 Å². The lowest BCUT2D eigenvalue weighted by Crippen LogP contribution is -1.92. The van der Waals surface area contributed by atoms with Crippen LogP contribution in [-0.2, 0) is 7.05 Å². The van der Waals surface area contributed by atoms with E-state index in [1.165, 1.54) is 12.1 Å². The van der Waals surface area contributed by atoms with Gasteiger partial charge in [-0.05, 0) is 18.2 Å². The van der Waals surface area contributed by atoms with Crippen molar-refractivity contribution in [2.45, 2.75) is 0 Å². The maximum atomic E-state index is 13.7. The van der Waals surface area contributed by atoms with E-state index in [2.05, 4.69) is 10.1 Å². The monoisotopic (exact) mass is 245 g/mol. The summed E-state index contributed by atoms with van der Waals surface area (Å²) in [6.07, 6.45) is 3.31. The Balaban J connectivity index is 2.21. The number of nitrogens with zero attached hydrogens (tertiary/aromatic N) is 3. The Labute approximate surface area is 102 Å². The molecule has 0 saturated carbocycles. The summed E-state index contributed by atoms with van der Waals surface area (Å²) in [6.45, 7) is 0. The number of hydrogen-bond acceptors (Lipinski definition) is 2. The first kappa shape index (κ1) is 10.8. The first-order chi connectivity index (χ1) is 8.65. The van der Waals surface area contributed by atoms with Crippen LogP contribution in [0.15, 0.2) is 36.7 Å². The molecule has 90 valence electrons. The fourth-order valence-corrected chi connectivity index (χ4v) is 1.89. The van der Waals surface area contributed by atoms with Crippen LogP contribution >= 0.6 is 0 Å². The highest BCUT2D eigenvalue weighted by molar-refractivity contribution is 5.81. The number of benzene rings is 1. The van der Waals surface area contributed by atoms with E-state index in [1.807, 2.05) is 0 Å². The van der Waals surface area contributed by atoms with Crippen molar-refractivity contribution < 1.29 is 8.78 Å². The summed E-state index contributed by atoms with van der Waals surface area (Å²) in [6, 6.07) is 5.19. The van der Waals surface area contributed by atoms with Gasteiger partial charge in [0.25, 0.3) is 0 Å². The van der Waals surface area contributed by atoms with Crippen LogP contribution in [0.1, 0.15) is 0 Å². The first-order valence-electron chi connectivity index (χ1n) is 5.38. The van der Waals surface area contributed by atoms with Gasteiger partial charge in [0.15, 0.2) is 0 Å². The van der Waals surface area contributed by atoms with Gasteiger partial charge in [0.1, 0.15) is 11.6 Å². The number of pyridine rings is 1. The van der Waals surface area contributed by atoms with E-state index in [-0.39, 0.29) is 5.56 Å². The second-order valence-electron chi connectivity index (χ2n) is 4.02. The van der Waals surface area contributed by atoms with Crippen LogP contribution in [0, 0.1) is 11.6 Å². The zero-order valence-corrected chi connectivity index (χ0v) is 9.56. The molecule has 2 heterocycles. The Bertz CT molecular complexity index is 734. The van der Waals surface area contributed by atoms with Crippen molar-refractivity contribution in [3.05, 3.63) is 48.3 Å². The van der Waals surface area contributed by atoms with Crippen LogP contribution in [-0.4, -0.2) is 14.8 Å². The third-order valence-electron chi connectivity index (χ3n) is 2.84. The number of fused-ring (bicyclic) bond motifs is 1. The summed E-state index contributed by atoms with van der Waals surface area (Å²) in [5, 5.41) is 4.97. The molecule has 3 rings (SSSR count). The van der Waals surface area contributed by atoms with Crippen molar-refractivity contribution in [1.29, 1.82) is 0 Å². The molecule has 0 saturated heterocycles. The lowest BCUT2D eigenvalue weighted by Gasteiger charge is -2.03. The molecule has 1 aromatic carbocycles. The lowest BCUT2D eigenvalue weighted by atomic mass is 10.1. The number of aryl methyl sites for hydroxylation is 1. The van der Waals surface area contributed by atoms with E-state index in [0.29, 0.717) is 5.69 Å². The summed E-state index contributed by atoms with van der Waals surface area (Å²) < 4.78 is 28.2. The number of hydrogen-bond donors (Lipinski definition) is 0. The molecule has 0 amide bonds. The van der Waals surface area contributed by atoms with Crippen LogP contribution < -0.4 is 0 Å². The Hall–Kier alpha value is -2.30. The van der Waals surface area contributed by atoms with Crippen LogP contribution in [0.3, 0.4) is 0 Å². The molecular weight excluding hydrogens is 236 g/mol. The van der Waals surface area contributed by atoms with Gasteiger partial charge < -0.3 is 0 Å². The molecule has 0 bridgehead atoms. The topological polar surface area (TPSA) is 30.7 Å². The molecule has 0 atom stereocenters. The largest absolute Gasteiger partial charge is 0.268 e. The average molecular weight is 245 g/mol. The molecule has 0 aliphatic carbocycles. The molecule has 0 aliphatic heterocycles. The molecule has 0 N–H and O–H groups in total. The van der Waals surface area contributed by atoms with E-state index >= 15 is 0 Å². The highest BCUT2D eigenvalue weighted by Gasteiger charge is 2.09. The maximum absolute atomic E-state index is 13.7.